The summed E-state index contributed by atoms with van der Waals surface area (Å²) in [7, 11) is 0. The van der Waals surface area contributed by atoms with Crippen LogP contribution in [0.2, 0.25) is 0 Å². The van der Waals surface area contributed by atoms with E-state index in [1.165, 1.54) is 37.8 Å². The van der Waals surface area contributed by atoms with Crippen LogP contribution in [0.1, 0.15) is 25.3 Å². The molecule has 1 aromatic heterocycles. The van der Waals surface area contributed by atoms with Crippen LogP contribution in [-0.2, 0) is 0 Å². The Balaban J connectivity index is 1.91. The summed E-state index contributed by atoms with van der Waals surface area (Å²) in [6.45, 7) is 4.22. The lowest BCUT2D eigenvalue weighted by molar-refractivity contribution is 0.646. The van der Waals surface area contributed by atoms with Gasteiger partial charge in [0.2, 0.25) is 0 Å². The number of hydrogen-bond acceptors (Lipinski definition) is 4. The van der Waals surface area contributed by atoms with Crippen molar-refractivity contribution in [3.63, 3.8) is 0 Å². The molecule has 102 valence electrons. The number of thioether (sulfide) groups is 1. The molecule has 0 unspecified atom stereocenters. The predicted molar refractivity (Wildman–Crippen MR) is 90.3 cm³/mol. The first-order valence-electron chi connectivity index (χ1n) is 7.08. The van der Waals surface area contributed by atoms with Gasteiger partial charge in [-0.3, -0.25) is 4.99 Å². The molecule has 0 atom stereocenters. The molecule has 1 aromatic carbocycles. The van der Waals surface area contributed by atoms with Gasteiger partial charge in [-0.15, -0.1) is 11.3 Å². The van der Waals surface area contributed by atoms with Crippen LogP contribution in [0.5, 0.6) is 0 Å². The molecule has 2 aliphatic rings. The van der Waals surface area contributed by atoms with Crippen LogP contribution in [0.15, 0.2) is 39.5 Å². The van der Waals surface area contributed by atoms with E-state index in [0.29, 0.717) is 0 Å². The third kappa shape index (κ3) is 1.82. The second-order valence-corrected chi connectivity index (χ2v) is 7.06. The van der Waals surface area contributed by atoms with Gasteiger partial charge < -0.3 is 4.90 Å². The average molecular weight is 300 g/mol. The Morgan fingerprint density at radius 1 is 1.30 bits per heavy atom. The fourth-order valence-electron chi connectivity index (χ4n) is 2.90. The molecule has 0 radical (unpaired) electrons. The van der Waals surface area contributed by atoms with E-state index >= 15 is 0 Å². The van der Waals surface area contributed by atoms with E-state index in [-0.39, 0.29) is 0 Å². The Hall–Kier alpha value is -1.26. The molecule has 2 aliphatic heterocycles. The SMILES string of the molecule is CCCC1=C(c2cccc3ccsc23)N2CCN=C2S1. The molecular weight excluding hydrogens is 284 g/mol. The average Bonchev–Trinajstić information content (AvgIpc) is 3.12. The normalized spacial score (nSPS) is 18.1. The Bertz CT molecular complexity index is 727. The summed E-state index contributed by atoms with van der Waals surface area (Å²) >= 11 is 3.73. The highest BCUT2D eigenvalue weighted by molar-refractivity contribution is 8.17. The van der Waals surface area contributed by atoms with Gasteiger partial charge in [-0.05, 0) is 23.3 Å². The van der Waals surface area contributed by atoms with E-state index in [2.05, 4.69) is 46.5 Å². The molecule has 0 N–H and O–H groups in total. The Kier molecular flexibility index (Phi) is 3.08. The van der Waals surface area contributed by atoms with Crippen molar-refractivity contribution >= 4 is 44.0 Å². The molecule has 2 nitrogen and oxygen atoms in total. The molecule has 4 rings (SSSR count). The molecule has 0 spiro atoms. The van der Waals surface area contributed by atoms with E-state index in [1.807, 2.05) is 23.1 Å². The van der Waals surface area contributed by atoms with Crippen LogP contribution in [0.4, 0.5) is 0 Å². The van der Waals surface area contributed by atoms with Gasteiger partial charge in [0.1, 0.15) is 0 Å². The molecule has 0 aliphatic carbocycles. The van der Waals surface area contributed by atoms with Crippen molar-refractivity contribution in [3.8, 4) is 0 Å². The van der Waals surface area contributed by atoms with E-state index in [9.17, 15) is 0 Å². The number of thiophene rings is 1. The van der Waals surface area contributed by atoms with E-state index < -0.39 is 0 Å². The number of benzene rings is 1. The summed E-state index contributed by atoms with van der Waals surface area (Å²) in [5, 5.41) is 4.75. The van der Waals surface area contributed by atoms with Gasteiger partial charge in [0.25, 0.3) is 0 Å². The lowest BCUT2D eigenvalue weighted by Gasteiger charge is -2.18. The first kappa shape index (κ1) is 12.5. The summed E-state index contributed by atoms with van der Waals surface area (Å²) in [6, 6.07) is 8.86. The maximum atomic E-state index is 4.64. The van der Waals surface area contributed by atoms with Crippen molar-refractivity contribution in [2.24, 2.45) is 4.99 Å². The highest BCUT2D eigenvalue weighted by atomic mass is 32.2. The lowest BCUT2D eigenvalue weighted by atomic mass is 10.1. The molecule has 0 amide bonds. The number of allylic oxidation sites excluding steroid dienone is 1. The number of aliphatic imine (C=N–C) groups is 1. The van der Waals surface area contributed by atoms with Crippen LogP contribution >= 0.6 is 23.1 Å². The lowest BCUT2D eigenvalue weighted by Crippen LogP contribution is -2.20. The second kappa shape index (κ2) is 4.93. The summed E-state index contributed by atoms with van der Waals surface area (Å²) in [5.41, 5.74) is 2.81. The van der Waals surface area contributed by atoms with Gasteiger partial charge in [-0.25, -0.2) is 0 Å². The molecule has 0 saturated carbocycles. The van der Waals surface area contributed by atoms with Gasteiger partial charge in [0, 0.05) is 21.7 Å². The molecule has 3 heterocycles. The van der Waals surface area contributed by atoms with Crippen molar-refractivity contribution in [1.82, 2.24) is 4.90 Å². The van der Waals surface area contributed by atoms with Gasteiger partial charge in [-0.2, -0.15) is 0 Å². The fourth-order valence-corrected chi connectivity index (χ4v) is 5.11. The summed E-state index contributed by atoms with van der Waals surface area (Å²) in [6.07, 6.45) is 2.34. The number of hydrogen-bond donors (Lipinski definition) is 0. The Morgan fingerprint density at radius 2 is 2.25 bits per heavy atom. The van der Waals surface area contributed by atoms with Gasteiger partial charge in [0.15, 0.2) is 5.17 Å². The number of fused-ring (bicyclic) bond motifs is 2. The first-order valence-corrected chi connectivity index (χ1v) is 8.77. The molecule has 20 heavy (non-hydrogen) atoms. The van der Waals surface area contributed by atoms with Crippen molar-refractivity contribution in [2.45, 2.75) is 19.8 Å². The van der Waals surface area contributed by atoms with Gasteiger partial charge in [0.05, 0.1) is 12.2 Å². The highest BCUT2D eigenvalue weighted by Gasteiger charge is 2.33. The third-order valence-electron chi connectivity index (χ3n) is 3.76. The smallest absolute Gasteiger partial charge is 0.168 e. The van der Waals surface area contributed by atoms with Gasteiger partial charge in [-0.1, -0.05) is 43.3 Å². The van der Waals surface area contributed by atoms with Crippen LogP contribution in [0.25, 0.3) is 15.8 Å². The minimum atomic E-state index is 0.936. The van der Waals surface area contributed by atoms with Crippen LogP contribution in [0.3, 0.4) is 0 Å². The molecule has 0 bridgehead atoms. The van der Waals surface area contributed by atoms with E-state index in [4.69, 9.17) is 0 Å². The van der Waals surface area contributed by atoms with Crippen molar-refractivity contribution in [1.29, 1.82) is 0 Å². The largest absolute Gasteiger partial charge is 0.318 e. The molecule has 0 saturated heterocycles. The van der Waals surface area contributed by atoms with E-state index in [0.717, 1.165) is 19.5 Å². The van der Waals surface area contributed by atoms with Crippen LogP contribution < -0.4 is 0 Å². The van der Waals surface area contributed by atoms with E-state index in [1.54, 1.807) is 0 Å². The monoisotopic (exact) mass is 300 g/mol. The first-order chi connectivity index (χ1) is 9.88. The zero-order chi connectivity index (χ0) is 13.5. The minimum Gasteiger partial charge on any atom is -0.318 e. The molecule has 2 aromatic rings. The van der Waals surface area contributed by atoms with Crippen molar-refractivity contribution < 1.29 is 0 Å². The highest BCUT2D eigenvalue weighted by Crippen LogP contribution is 2.45. The number of nitrogens with zero attached hydrogens (tertiary/aromatic N) is 2. The van der Waals surface area contributed by atoms with Crippen LogP contribution in [-0.4, -0.2) is 23.2 Å². The fraction of sp³-hybridized carbons (Fsp3) is 0.312. The summed E-state index contributed by atoms with van der Waals surface area (Å²) in [4.78, 5) is 8.55. The molecule has 4 heteroatoms. The zero-order valence-corrected chi connectivity index (χ0v) is 13.1. The second-order valence-electron chi connectivity index (χ2n) is 5.08. The predicted octanol–water partition coefficient (Wildman–Crippen LogP) is 4.79. The molecular formula is C16H16N2S2. The molecule has 0 fully saturated rings. The van der Waals surface area contributed by atoms with Gasteiger partial charge >= 0.3 is 0 Å². The standard InChI is InChI=1S/C16H16N2S2/c1-2-4-13-14(18-9-8-17-16(18)20-13)12-6-3-5-11-7-10-19-15(11)12/h3,5-7,10H,2,4,8-9H2,1H3. The quantitative estimate of drug-likeness (QED) is 0.810. The Morgan fingerprint density at radius 3 is 3.15 bits per heavy atom. The van der Waals surface area contributed by atoms with Crippen molar-refractivity contribution in [2.75, 3.05) is 13.1 Å². The topological polar surface area (TPSA) is 15.6 Å². The Labute approximate surface area is 127 Å². The summed E-state index contributed by atoms with van der Waals surface area (Å²) in [5.74, 6) is 0. The minimum absolute atomic E-state index is 0.936. The summed E-state index contributed by atoms with van der Waals surface area (Å²) < 4.78 is 1.41. The third-order valence-corrected chi connectivity index (χ3v) is 5.90. The zero-order valence-electron chi connectivity index (χ0n) is 11.4. The number of amidine groups is 1. The van der Waals surface area contributed by atoms with Crippen molar-refractivity contribution in [3.05, 3.63) is 40.1 Å². The van der Waals surface area contributed by atoms with Crippen LogP contribution in [0, 0.1) is 0 Å². The number of rotatable bonds is 3. The maximum Gasteiger partial charge on any atom is 0.168 e. The maximum absolute atomic E-state index is 4.64.